The third-order valence-electron chi connectivity index (χ3n) is 3.54. The molecular weight excluding hydrogens is 212 g/mol. The highest BCUT2D eigenvalue weighted by molar-refractivity contribution is 5.51. The molecule has 0 spiro atoms. The lowest BCUT2D eigenvalue weighted by atomic mass is 9.91. The first kappa shape index (κ1) is 12.2. The third-order valence-corrected chi connectivity index (χ3v) is 3.54. The summed E-state index contributed by atoms with van der Waals surface area (Å²) in [5.74, 6) is 0.946. The van der Waals surface area contributed by atoms with Crippen molar-refractivity contribution in [2.45, 2.75) is 44.7 Å². The van der Waals surface area contributed by atoms with Crippen molar-refractivity contribution in [1.29, 1.82) is 0 Å². The van der Waals surface area contributed by atoms with Gasteiger partial charge in [-0.15, -0.1) is 0 Å². The molecule has 0 radical (unpaired) electrons. The van der Waals surface area contributed by atoms with Gasteiger partial charge in [-0.1, -0.05) is 0 Å². The van der Waals surface area contributed by atoms with Crippen LogP contribution in [0.15, 0.2) is 18.2 Å². The number of rotatable bonds is 3. The van der Waals surface area contributed by atoms with E-state index in [4.69, 9.17) is 10.5 Å². The Labute approximate surface area is 103 Å². The second-order valence-electron chi connectivity index (χ2n) is 4.94. The van der Waals surface area contributed by atoms with Crippen molar-refractivity contribution in [1.82, 2.24) is 0 Å². The standard InChI is InChI=1S/C14H22N2O/c1-10-9-13(7-8-14(10)17-2)16-12-5-3-11(15)4-6-12/h7-9,11-12,16H,3-6,15H2,1-2H3. The van der Waals surface area contributed by atoms with Gasteiger partial charge < -0.3 is 15.8 Å². The van der Waals surface area contributed by atoms with Gasteiger partial charge in [-0.3, -0.25) is 0 Å². The summed E-state index contributed by atoms with van der Waals surface area (Å²) in [6, 6.07) is 7.23. The predicted molar refractivity (Wildman–Crippen MR) is 71.6 cm³/mol. The van der Waals surface area contributed by atoms with Crippen LogP contribution in [0.25, 0.3) is 0 Å². The van der Waals surface area contributed by atoms with Gasteiger partial charge in [0.2, 0.25) is 0 Å². The Morgan fingerprint density at radius 3 is 2.53 bits per heavy atom. The second-order valence-corrected chi connectivity index (χ2v) is 4.94. The van der Waals surface area contributed by atoms with Crippen molar-refractivity contribution >= 4 is 5.69 Å². The summed E-state index contributed by atoms with van der Waals surface area (Å²) in [6.07, 6.45) is 4.61. The van der Waals surface area contributed by atoms with Crippen molar-refractivity contribution in [3.05, 3.63) is 23.8 Å². The zero-order chi connectivity index (χ0) is 12.3. The fraction of sp³-hybridized carbons (Fsp3) is 0.571. The molecule has 0 unspecified atom stereocenters. The SMILES string of the molecule is COc1ccc(NC2CCC(N)CC2)cc1C. The van der Waals surface area contributed by atoms with Crippen LogP contribution in [0.3, 0.4) is 0 Å². The Morgan fingerprint density at radius 2 is 1.94 bits per heavy atom. The number of ether oxygens (including phenoxy) is 1. The third kappa shape index (κ3) is 3.13. The van der Waals surface area contributed by atoms with Crippen LogP contribution in [0.1, 0.15) is 31.2 Å². The molecule has 1 fully saturated rings. The average molecular weight is 234 g/mol. The maximum atomic E-state index is 5.91. The number of nitrogens with two attached hydrogens (primary N) is 1. The molecule has 0 amide bonds. The highest BCUT2D eigenvalue weighted by Gasteiger charge is 2.18. The number of hydrogen-bond acceptors (Lipinski definition) is 3. The molecule has 0 bridgehead atoms. The summed E-state index contributed by atoms with van der Waals surface area (Å²) in [7, 11) is 1.71. The molecule has 0 heterocycles. The predicted octanol–water partition coefficient (Wildman–Crippen LogP) is 2.69. The number of nitrogens with one attached hydrogen (secondary N) is 1. The number of anilines is 1. The van der Waals surface area contributed by atoms with Gasteiger partial charge in [0, 0.05) is 17.8 Å². The van der Waals surface area contributed by atoms with Crippen LogP contribution in [0.4, 0.5) is 5.69 Å². The second kappa shape index (κ2) is 5.41. The van der Waals surface area contributed by atoms with Crippen molar-refractivity contribution < 1.29 is 4.74 Å². The lowest BCUT2D eigenvalue weighted by Gasteiger charge is -2.27. The van der Waals surface area contributed by atoms with Crippen LogP contribution in [0.2, 0.25) is 0 Å². The van der Waals surface area contributed by atoms with Crippen molar-refractivity contribution in [3.8, 4) is 5.75 Å². The Morgan fingerprint density at radius 1 is 1.24 bits per heavy atom. The monoisotopic (exact) mass is 234 g/mol. The first-order valence-electron chi connectivity index (χ1n) is 6.36. The van der Waals surface area contributed by atoms with Crippen LogP contribution in [0, 0.1) is 6.92 Å². The fourth-order valence-corrected chi connectivity index (χ4v) is 2.47. The van der Waals surface area contributed by atoms with Gasteiger partial charge in [0.1, 0.15) is 5.75 Å². The summed E-state index contributed by atoms with van der Waals surface area (Å²) >= 11 is 0. The molecule has 1 aromatic carbocycles. The minimum Gasteiger partial charge on any atom is -0.496 e. The Kier molecular flexibility index (Phi) is 3.89. The molecule has 0 aliphatic heterocycles. The van der Waals surface area contributed by atoms with E-state index in [9.17, 15) is 0 Å². The highest BCUT2D eigenvalue weighted by Crippen LogP contribution is 2.25. The van der Waals surface area contributed by atoms with Gasteiger partial charge in [-0.2, -0.15) is 0 Å². The zero-order valence-electron chi connectivity index (χ0n) is 10.7. The van der Waals surface area contributed by atoms with E-state index < -0.39 is 0 Å². The first-order valence-corrected chi connectivity index (χ1v) is 6.36. The van der Waals surface area contributed by atoms with Gasteiger partial charge in [-0.05, 0) is 56.4 Å². The molecule has 3 N–H and O–H groups in total. The lowest BCUT2D eigenvalue weighted by molar-refractivity contribution is 0.409. The summed E-state index contributed by atoms with van der Waals surface area (Å²) in [4.78, 5) is 0. The summed E-state index contributed by atoms with van der Waals surface area (Å²) in [5, 5.41) is 3.58. The molecule has 1 aromatic rings. The summed E-state index contributed by atoms with van der Waals surface area (Å²) < 4.78 is 5.26. The normalized spacial score (nSPS) is 24.4. The largest absolute Gasteiger partial charge is 0.496 e. The number of benzene rings is 1. The first-order chi connectivity index (χ1) is 8.19. The van der Waals surface area contributed by atoms with Crippen LogP contribution in [-0.4, -0.2) is 19.2 Å². The number of methoxy groups -OCH3 is 1. The van der Waals surface area contributed by atoms with Gasteiger partial charge >= 0.3 is 0 Å². The van der Waals surface area contributed by atoms with E-state index >= 15 is 0 Å². The smallest absolute Gasteiger partial charge is 0.121 e. The van der Waals surface area contributed by atoms with Crippen LogP contribution < -0.4 is 15.8 Å². The molecule has 0 saturated heterocycles. The van der Waals surface area contributed by atoms with Crippen LogP contribution in [0.5, 0.6) is 5.75 Å². The maximum Gasteiger partial charge on any atom is 0.121 e. The number of aryl methyl sites for hydroxylation is 1. The van der Waals surface area contributed by atoms with Gasteiger partial charge in [-0.25, -0.2) is 0 Å². The van der Waals surface area contributed by atoms with E-state index in [1.54, 1.807) is 7.11 Å². The van der Waals surface area contributed by atoms with E-state index in [-0.39, 0.29) is 0 Å². The van der Waals surface area contributed by atoms with E-state index in [0.717, 1.165) is 18.6 Å². The maximum absolute atomic E-state index is 5.91. The molecule has 3 nitrogen and oxygen atoms in total. The molecule has 2 rings (SSSR count). The van der Waals surface area contributed by atoms with Gasteiger partial charge in [0.15, 0.2) is 0 Å². The lowest BCUT2D eigenvalue weighted by Crippen LogP contribution is -2.32. The summed E-state index contributed by atoms with van der Waals surface area (Å²) in [6.45, 7) is 2.07. The quantitative estimate of drug-likeness (QED) is 0.845. The van der Waals surface area contributed by atoms with Gasteiger partial charge in [0.05, 0.1) is 7.11 Å². The van der Waals surface area contributed by atoms with Crippen LogP contribution in [-0.2, 0) is 0 Å². The molecule has 17 heavy (non-hydrogen) atoms. The van der Waals surface area contributed by atoms with Crippen molar-refractivity contribution in [2.24, 2.45) is 5.73 Å². The fourth-order valence-electron chi connectivity index (χ4n) is 2.47. The zero-order valence-corrected chi connectivity index (χ0v) is 10.7. The molecule has 3 heteroatoms. The molecule has 1 aliphatic rings. The van der Waals surface area contributed by atoms with Crippen molar-refractivity contribution in [2.75, 3.05) is 12.4 Å². The van der Waals surface area contributed by atoms with Crippen molar-refractivity contribution in [3.63, 3.8) is 0 Å². The van der Waals surface area contributed by atoms with Gasteiger partial charge in [0.25, 0.3) is 0 Å². The minimum absolute atomic E-state index is 0.408. The molecule has 0 aromatic heterocycles. The highest BCUT2D eigenvalue weighted by atomic mass is 16.5. The Balaban J connectivity index is 1.97. The minimum atomic E-state index is 0.408. The van der Waals surface area contributed by atoms with E-state index in [0.29, 0.717) is 12.1 Å². The topological polar surface area (TPSA) is 47.3 Å². The summed E-state index contributed by atoms with van der Waals surface area (Å²) in [5.41, 5.74) is 8.26. The Bertz CT molecular complexity index is 370. The van der Waals surface area contributed by atoms with E-state index in [2.05, 4.69) is 24.4 Å². The Hall–Kier alpha value is -1.22. The van der Waals surface area contributed by atoms with Crippen LogP contribution >= 0.6 is 0 Å². The van der Waals surface area contributed by atoms with E-state index in [1.807, 2.05) is 6.07 Å². The van der Waals surface area contributed by atoms with E-state index in [1.165, 1.54) is 24.1 Å². The number of hydrogen-bond donors (Lipinski definition) is 2. The molecule has 1 saturated carbocycles. The molecule has 0 atom stereocenters. The molecular formula is C14H22N2O. The average Bonchev–Trinajstić information content (AvgIpc) is 2.32. The molecule has 94 valence electrons. The molecule has 1 aliphatic carbocycles.